The fraction of sp³-hybridized carbons (Fsp3) is 0.296. The first-order valence-corrected chi connectivity index (χ1v) is 10.8. The number of benzene rings is 3. The number of hydrogen-bond donors (Lipinski definition) is 1. The van der Waals surface area contributed by atoms with Crippen molar-refractivity contribution in [1.29, 1.82) is 0 Å². The molecule has 0 aliphatic heterocycles. The molecule has 4 nitrogen and oxygen atoms in total. The Morgan fingerprint density at radius 3 is 2.03 bits per heavy atom. The molecule has 3 aromatic carbocycles. The molecule has 0 saturated heterocycles. The molecule has 1 unspecified atom stereocenters. The SMILES string of the molecule is Cc1cccc(OCC(CNC(C)C)OC(=O)C(c2ccccc2)c2ccccc2)c1. The van der Waals surface area contributed by atoms with Gasteiger partial charge in [0, 0.05) is 12.6 Å². The van der Waals surface area contributed by atoms with E-state index in [1.165, 1.54) is 0 Å². The van der Waals surface area contributed by atoms with Gasteiger partial charge in [-0.05, 0) is 35.7 Å². The van der Waals surface area contributed by atoms with Gasteiger partial charge in [0.05, 0.1) is 0 Å². The maximum Gasteiger partial charge on any atom is 0.318 e. The minimum atomic E-state index is -0.483. The van der Waals surface area contributed by atoms with Crippen molar-refractivity contribution in [3.8, 4) is 5.75 Å². The van der Waals surface area contributed by atoms with E-state index in [2.05, 4.69) is 19.2 Å². The molecule has 0 heterocycles. The van der Waals surface area contributed by atoms with E-state index in [1.807, 2.05) is 91.9 Å². The fourth-order valence-corrected chi connectivity index (χ4v) is 3.38. The molecule has 3 rings (SSSR count). The third kappa shape index (κ3) is 6.97. The Kier molecular flexibility index (Phi) is 8.25. The monoisotopic (exact) mass is 417 g/mol. The molecule has 1 atom stereocenters. The predicted octanol–water partition coefficient (Wildman–Crippen LogP) is 5.12. The Bertz CT molecular complexity index is 901. The summed E-state index contributed by atoms with van der Waals surface area (Å²) < 4.78 is 12.0. The van der Waals surface area contributed by atoms with Gasteiger partial charge in [0.1, 0.15) is 24.4 Å². The summed E-state index contributed by atoms with van der Waals surface area (Å²) in [5.41, 5.74) is 2.95. The van der Waals surface area contributed by atoms with E-state index in [4.69, 9.17) is 9.47 Å². The van der Waals surface area contributed by atoms with Gasteiger partial charge in [-0.2, -0.15) is 0 Å². The zero-order chi connectivity index (χ0) is 22.1. The highest BCUT2D eigenvalue weighted by Crippen LogP contribution is 2.26. The van der Waals surface area contributed by atoms with Gasteiger partial charge in [-0.1, -0.05) is 86.6 Å². The van der Waals surface area contributed by atoms with Crippen molar-refractivity contribution in [2.45, 2.75) is 38.8 Å². The van der Waals surface area contributed by atoms with Crippen molar-refractivity contribution in [1.82, 2.24) is 5.32 Å². The van der Waals surface area contributed by atoms with E-state index in [0.29, 0.717) is 6.54 Å². The number of nitrogens with one attached hydrogen (secondary N) is 1. The van der Waals surface area contributed by atoms with Crippen LogP contribution in [-0.4, -0.2) is 31.3 Å². The third-order valence-corrected chi connectivity index (χ3v) is 4.96. The summed E-state index contributed by atoms with van der Waals surface area (Å²) in [6, 6.07) is 27.7. The van der Waals surface area contributed by atoms with Crippen molar-refractivity contribution >= 4 is 5.97 Å². The van der Waals surface area contributed by atoms with Crippen LogP contribution in [0.1, 0.15) is 36.5 Å². The molecule has 0 fully saturated rings. The molecule has 0 radical (unpaired) electrons. The number of esters is 1. The Labute approximate surface area is 185 Å². The van der Waals surface area contributed by atoms with Gasteiger partial charge in [-0.25, -0.2) is 0 Å². The lowest BCUT2D eigenvalue weighted by molar-refractivity contribution is -0.151. The molecule has 0 aliphatic rings. The lowest BCUT2D eigenvalue weighted by Gasteiger charge is -2.24. The van der Waals surface area contributed by atoms with Crippen LogP contribution >= 0.6 is 0 Å². The highest BCUT2D eigenvalue weighted by atomic mass is 16.6. The van der Waals surface area contributed by atoms with Crippen LogP contribution in [0.2, 0.25) is 0 Å². The first-order chi connectivity index (χ1) is 15.0. The molecule has 0 saturated carbocycles. The second kappa shape index (κ2) is 11.3. The van der Waals surface area contributed by atoms with Crippen LogP contribution in [-0.2, 0) is 9.53 Å². The van der Waals surface area contributed by atoms with Gasteiger partial charge >= 0.3 is 5.97 Å². The molecule has 1 N–H and O–H groups in total. The van der Waals surface area contributed by atoms with Crippen molar-refractivity contribution in [3.63, 3.8) is 0 Å². The van der Waals surface area contributed by atoms with Gasteiger partial charge < -0.3 is 14.8 Å². The van der Waals surface area contributed by atoms with Gasteiger partial charge in [-0.3, -0.25) is 4.79 Å². The smallest absolute Gasteiger partial charge is 0.318 e. The van der Waals surface area contributed by atoms with Crippen LogP contribution in [0.4, 0.5) is 0 Å². The molecule has 0 aliphatic carbocycles. The quantitative estimate of drug-likeness (QED) is 0.466. The summed E-state index contributed by atoms with van der Waals surface area (Å²) in [4.78, 5) is 13.4. The molecular weight excluding hydrogens is 386 g/mol. The van der Waals surface area contributed by atoms with Crippen LogP contribution in [0.5, 0.6) is 5.75 Å². The van der Waals surface area contributed by atoms with Crippen molar-refractivity contribution in [2.75, 3.05) is 13.2 Å². The number of aryl methyl sites for hydroxylation is 1. The molecule has 162 valence electrons. The zero-order valence-corrected chi connectivity index (χ0v) is 18.5. The molecule has 0 bridgehead atoms. The Hall–Kier alpha value is -3.11. The second-order valence-electron chi connectivity index (χ2n) is 8.00. The summed E-state index contributed by atoms with van der Waals surface area (Å²) in [5, 5.41) is 3.36. The molecule has 4 heteroatoms. The van der Waals surface area contributed by atoms with E-state index < -0.39 is 12.0 Å². The number of ether oxygens (including phenoxy) is 2. The Balaban J connectivity index is 1.77. The average molecular weight is 418 g/mol. The number of rotatable bonds is 10. The van der Waals surface area contributed by atoms with Gasteiger partial charge in [-0.15, -0.1) is 0 Å². The van der Waals surface area contributed by atoms with E-state index in [9.17, 15) is 4.79 Å². The second-order valence-corrected chi connectivity index (χ2v) is 8.00. The lowest BCUT2D eigenvalue weighted by atomic mass is 9.91. The van der Waals surface area contributed by atoms with Crippen LogP contribution in [0, 0.1) is 6.92 Å². The van der Waals surface area contributed by atoms with E-state index in [-0.39, 0.29) is 18.6 Å². The largest absolute Gasteiger partial charge is 0.490 e. The maximum absolute atomic E-state index is 13.4. The highest BCUT2D eigenvalue weighted by Gasteiger charge is 2.27. The molecule has 0 amide bonds. The topological polar surface area (TPSA) is 47.6 Å². The third-order valence-electron chi connectivity index (χ3n) is 4.96. The molecule has 31 heavy (non-hydrogen) atoms. The zero-order valence-electron chi connectivity index (χ0n) is 18.5. The van der Waals surface area contributed by atoms with E-state index >= 15 is 0 Å². The first-order valence-electron chi connectivity index (χ1n) is 10.8. The summed E-state index contributed by atoms with van der Waals surface area (Å²) >= 11 is 0. The lowest BCUT2D eigenvalue weighted by Crippen LogP contribution is -2.39. The average Bonchev–Trinajstić information content (AvgIpc) is 2.77. The summed E-state index contributed by atoms with van der Waals surface area (Å²) in [6.07, 6.45) is -0.412. The van der Waals surface area contributed by atoms with E-state index in [0.717, 1.165) is 22.4 Å². The van der Waals surface area contributed by atoms with Gasteiger partial charge in [0.15, 0.2) is 0 Å². The normalized spacial score (nSPS) is 12.0. The minimum absolute atomic E-state index is 0.277. The van der Waals surface area contributed by atoms with Crippen LogP contribution in [0.25, 0.3) is 0 Å². The number of hydrogen-bond acceptors (Lipinski definition) is 4. The van der Waals surface area contributed by atoms with Gasteiger partial charge in [0.25, 0.3) is 0 Å². The Morgan fingerprint density at radius 1 is 0.871 bits per heavy atom. The van der Waals surface area contributed by atoms with Crippen molar-refractivity contribution in [3.05, 3.63) is 102 Å². The molecule has 3 aromatic rings. The molecule has 0 spiro atoms. The van der Waals surface area contributed by atoms with E-state index in [1.54, 1.807) is 0 Å². The number of carbonyl (C=O) groups is 1. The maximum atomic E-state index is 13.4. The molecular formula is C27H31NO3. The van der Waals surface area contributed by atoms with Crippen LogP contribution < -0.4 is 10.1 Å². The van der Waals surface area contributed by atoms with Crippen LogP contribution in [0.15, 0.2) is 84.9 Å². The fourth-order valence-electron chi connectivity index (χ4n) is 3.38. The highest BCUT2D eigenvalue weighted by molar-refractivity contribution is 5.82. The standard InChI is InChI=1S/C27H31NO3/c1-20(2)28-18-25(19-30-24-16-10-11-21(3)17-24)31-27(29)26(22-12-6-4-7-13-22)23-14-8-5-9-15-23/h4-17,20,25-26,28H,18-19H2,1-3H3. The predicted molar refractivity (Wildman–Crippen MR) is 124 cm³/mol. The Morgan fingerprint density at radius 2 is 1.48 bits per heavy atom. The van der Waals surface area contributed by atoms with Crippen molar-refractivity contribution < 1.29 is 14.3 Å². The van der Waals surface area contributed by atoms with Crippen molar-refractivity contribution in [2.24, 2.45) is 0 Å². The summed E-state index contributed by atoms with van der Waals surface area (Å²) in [5.74, 6) is 0.0111. The first kappa shape index (κ1) is 22.6. The number of carbonyl (C=O) groups excluding carboxylic acids is 1. The van der Waals surface area contributed by atoms with Crippen LogP contribution in [0.3, 0.4) is 0 Å². The molecule has 0 aromatic heterocycles. The summed E-state index contributed by atoms with van der Waals surface area (Å²) in [7, 11) is 0. The summed E-state index contributed by atoms with van der Waals surface area (Å²) in [6.45, 7) is 6.96. The van der Waals surface area contributed by atoms with Gasteiger partial charge in [0.2, 0.25) is 0 Å². The minimum Gasteiger partial charge on any atom is -0.490 e.